The summed E-state index contributed by atoms with van der Waals surface area (Å²) >= 11 is 4.71. The molecule has 0 aliphatic carbocycles. The topological polar surface area (TPSA) is 62.2 Å². The molecule has 0 saturated carbocycles. The normalized spacial score (nSPS) is 10.7. The van der Waals surface area contributed by atoms with E-state index in [9.17, 15) is 4.79 Å². The smallest absolute Gasteiger partial charge is 0.409 e. The summed E-state index contributed by atoms with van der Waals surface area (Å²) in [5, 5.41) is 12.5. The van der Waals surface area contributed by atoms with E-state index in [1.54, 1.807) is 0 Å². The molecule has 4 nitrogen and oxygen atoms in total. The van der Waals surface area contributed by atoms with Gasteiger partial charge in [-0.25, -0.2) is 9.78 Å². The monoisotopic (exact) mass is 300 g/mol. The van der Waals surface area contributed by atoms with Gasteiger partial charge < -0.3 is 5.11 Å². The van der Waals surface area contributed by atoms with Crippen LogP contribution in [-0.2, 0) is 0 Å². The predicted octanol–water partition coefficient (Wildman–Crippen LogP) is 3.77. The van der Waals surface area contributed by atoms with Gasteiger partial charge in [-0.05, 0) is 41.4 Å². The van der Waals surface area contributed by atoms with Crippen molar-refractivity contribution in [2.75, 3.05) is 5.32 Å². The number of thiophene rings is 1. The SMILES string of the molecule is Cc1cc2c(Br)c(NC(=O)O)sc2nc1C. The molecule has 0 atom stereocenters. The summed E-state index contributed by atoms with van der Waals surface area (Å²) in [5.74, 6) is 0. The minimum Gasteiger partial charge on any atom is -0.465 e. The lowest BCUT2D eigenvalue weighted by atomic mass is 10.2. The standard InChI is InChI=1S/C10H9BrN2O2S/c1-4-3-6-7(11)9(13-10(14)15)16-8(6)12-5(4)2/h3,13H,1-2H3,(H,14,15). The third-order valence-corrected chi connectivity index (χ3v) is 4.39. The Hall–Kier alpha value is -1.14. The predicted molar refractivity (Wildman–Crippen MR) is 68.4 cm³/mol. The Bertz CT molecular complexity index is 580. The molecule has 2 rings (SSSR count). The number of halogens is 1. The van der Waals surface area contributed by atoms with Gasteiger partial charge in [-0.3, -0.25) is 5.32 Å². The second kappa shape index (κ2) is 4.03. The number of carboxylic acid groups (broad SMARTS) is 1. The molecule has 0 aliphatic rings. The first-order chi connectivity index (χ1) is 7.49. The molecule has 2 aromatic rings. The van der Waals surface area contributed by atoms with Crippen LogP contribution in [-0.4, -0.2) is 16.2 Å². The number of pyridine rings is 1. The van der Waals surface area contributed by atoms with Crippen LogP contribution in [0, 0.1) is 13.8 Å². The Kier molecular flexibility index (Phi) is 2.86. The molecule has 2 aromatic heterocycles. The van der Waals surface area contributed by atoms with Gasteiger partial charge in [0, 0.05) is 11.1 Å². The summed E-state index contributed by atoms with van der Waals surface area (Å²) in [7, 11) is 0. The number of fused-ring (bicyclic) bond motifs is 1. The molecule has 0 spiro atoms. The first kappa shape index (κ1) is 11.3. The number of nitrogens with one attached hydrogen (secondary N) is 1. The number of aromatic nitrogens is 1. The van der Waals surface area contributed by atoms with Crippen molar-refractivity contribution < 1.29 is 9.90 Å². The van der Waals surface area contributed by atoms with Crippen LogP contribution < -0.4 is 5.32 Å². The highest BCUT2D eigenvalue weighted by atomic mass is 79.9. The summed E-state index contributed by atoms with van der Waals surface area (Å²) < 4.78 is 0.755. The molecular weight excluding hydrogens is 292 g/mol. The van der Waals surface area contributed by atoms with Gasteiger partial charge in [0.05, 0.1) is 4.47 Å². The van der Waals surface area contributed by atoms with Gasteiger partial charge in [0.2, 0.25) is 0 Å². The highest BCUT2D eigenvalue weighted by Gasteiger charge is 2.13. The van der Waals surface area contributed by atoms with Gasteiger partial charge in [-0.2, -0.15) is 0 Å². The first-order valence-corrected chi connectivity index (χ1v) is 6.16. The molecule has 0 aliphatic heterocycles. The van der Waals surface area contributed by atoms with E-state index in [2.05, 4.69) is 26.2 Å². The zero-order chi connectivity index (χ0) is 11.9. The van der Waals surface area contributed by atoms with Crippen molar-refractivity contribution in [2.24, 2.45) is 0 Å². The van der Waals surface area contributed by atoms with Crippen molar-refractivity contribution in [3.63, 3.8) is 0 Å². The van der Waals surface area contributed by atoms with Crippen LogP contribution in [0.4, 0.5) is 9.80 Å². The van der Waals surface area contributed by atoms with E-state index in [-0.39, 0.29) is 0 Å². The molecule has 2 N–H and O–H groups in total. The zero-order valence-electron chi connectivity index (χ0n) is 8.67. The van der Waals surface area contributed by atoms with E-state index in [1.807, 2.05) is 19.9 Å². The van der Waals surface area contributed by atoms with Crippen molar-refractivity contribution in [1.29, 1.82) is 0 Å². The largest absolute Gasteiger partial charge is 0.465 e. The Morgan fingerprint density at radius 1 is 1.56 bits per heavy atom. The number of hydrogen-bond donors (Lipinski definition) is 2. The maximum Gasteiger partial charge on any atom is 0.409 e. The average molecular weight is 301 g/mol. The van der Waals surface area contributed by atoms with Crippen molar-refractivity contribution in [1.82, 2.24) is 4.98 Å². The summed E-state index contributed by atoms with van der Waals surface area (Å²) in [6, 6.07) is 2.01. The van der Waals surface area contributed by atoms with E-state index in [0.29, 0.717) is 5.00 Å². The van der Waals surface area contributed by atoms with Crippen LogP contribution in [0.15, 0.2) is 10.5 Å². The fourth-order valence-corrected chi connectivity index (χ4v) is 3.12. The Labute approximate surface area is 104 Å². The van der Waals surface area contributed by atoms with Gasteiger partial charge in [0.25, 0.3) is 0 Å². The van der Waals surface area contributed by atoms with Crippen molar-refractivity contribution in [3.8, 4) is 0 Å². The molecule has 0 bridgehead atoms. The Balaban J connectivity index is 2.63. The lowest BCUT2D eigenvalue weighted by molar-refractivity contribution is 0.210. The maximum atomic E-state index is 10.6. The number of carbonyl (C=O) groups is 1. The molecule has 16 heavy (non-hydrogen) atoms. The van der Waals surface area contributed by atoms with Gasteiger partial charge >= 0.3 is 6.09 Å². The van der Waals surface area contributed by atoms with Crippen LogP contribution in [0.2, 0.25) is 0 Å². The molecule has 0 unspecified atom stereocenters. The van der Waals surface area contributed by atoms with Gasteiger partial charge in [0.1, 0.15) is 9.83 Å². The molecule has 6 heteroatoms. The van der Waals surface area contributed by atoms with E-state index < -0.39 is 6.09 Å². The molecule has 0 saturated heterocycles. The minimum atomic E-state index is -1.07. The molecule has 0 radical (unpaired) electrons. The first-order valence-electron chi connectivity index (χ1n) is 4.55. The molecule has 1 amide bonds. The van der Waals surface area contributed by atoms with Crippen LogP contribution >= 0.6 is 27.3 Å². The van der Waals surface area contributed by atoms with Crippen LogP contribution in [0.5, 0.6) is 0 Å². The number of hydrogen-bond acceptors (Lipinski definition) is 3. The van der Waals surface area contributed by atoms with E-state index in [1.165, 1.54) is 11.3 Å². The van der Waals surface area contributed by atoms with Crippen LogP contribution in [0.25, 0.3) is 10.2 Å². The average Bonchev–Trinajstić information content (AvgIpc) is 2.45. The van der Waals surface area contributed by atoms with E-state index >= 15 is 0 Å². The maximum absolute atomic E-state index is 10.6. The summed E-state index contributed by atoms with van der Waals surface area (Å²) in [6.07, 6.45) is -1.07. The number of amides is 1. The number of nitrogens with zero attached hydrogens (tertiary/aromatic N) is 1. The molecule has 84 valence electrons. The quantitative estimate of drug-likeness (QED) is 0.843. The highest BCUT2D eigenvalue weighted by Crippen LogP contribution is 2.39. The van der Waals surface area contributed by atoms with Gasteiger partial charge in [-0.15, -0.1) is 0 Å². The minimum absolute atomic E-state index is 0.569. The second-order valence-corrected chi connectivity index (χ2v) is 5.21. The fraction of sp³-hybridized carbons (Fsp3) is 0.200. The summed E-state index contributed by atoms with van der Waals surface area (Å²) in [6.45, 7) is 3.92. The van der Waals surface area contributed by atoms with Crippen molar-refractivity contribution >= 4 is 48.6 Å². The number of anilines is 1. The second-order valence-electron chi connectivity index (χ2n) is 3.42. The van der Waals surface area contributed by atoms with Gasteiger partial charge in [-0.1, -0.05) is 11.3 Å². The van der Waals surface area contributed by atoms with Gasteiger partial charge in [0.15, 0.2) is 0 Å². The third kappa shape index (κ3) is 1.90. The molecule has 0 fully saturated rings. The van der Waals surface area contributed by atoms with Crippen LogP contribution in [0.3, 0.4) is 0 Å². The molecule has 0 aromatic carbocycles. The summed E-state index contributed by atoms with van der Waals surface area (Å²) in [5.41, 5.74) is 2.05. The molecule has 2 heterocycles. The number of rotatable bonds is 1. The molecular formula is C10H9BrN2O2S. The lowest BCUT2D eigenvalue weighted by Crippen LogP contribution is -2.05. The van der Waals surface area contributed by atoms with Crippen molar-refractivity contribution in [3.05, 3.63) is 21.8 Å². The van der Waals surface area contributed by atoms with Crippen molar-refractivity contribution in [2.45, 2.75) is 13.8 Å². The Morgan fingerprint density at radius 3 is 2.88 bits per heavy atom. The lowest BCUT2D eigenvalue weighted by Gasteiger charge is -1.98. The third-order valence-electron chi connectivity index (χ3n) is 2.29. The summed E-state index contributed by atoms with van der Waals surface area (Å²) in [4.78, 5) is 15.8. The van der Waals surface area contributed by atoms with Crippen LogP contribution in [0.1, 0.15) is 11.3 Å². The zero-order valence-corrected chi connectivity index (χ0v) is 11.1. The fourth-order valence-electron chi connectivity index (χ4n) is 1.36. The number of aryl methyl sites for hydroxylation is 2. The van der Waals surface area contributed by atoms with E-state index in [0.717, 1.165) is 25.9 Å². The Morgan fingerprint density at radius 2 is 2.25 bits per heavy atom. The van der Waals surface area contributed by atoms with E-state index in [4.69, 9.17) is 5.11 Å². The highest BCUT2D eigenvalue weighted by molar-refractivity contribution is 9.10.